The fourth-order valence-corrected chi connectivity index (χ4v) is 2.51. The molecule has 0 spiro atoms. The van der Waals surface area contributed by atoms with Gasteiger partial charge in [0.1, 0.15) is 0 Å². The fourth-order valence-electron chi connectivity index (χ4n) is 2.51. The van der Waals surface area contributed by atoms with Crippen LogP contribution in [-0.4, -0.2) is 14.2 Å². The van der Waals surface area contributed by atoms with Gasteiger partial charge in [-0.1, -0.05) is 43.0 Å². The highest BCUT2D eigenvalue weighted by molar-refractivity contribution is 5.66. The predicted octanol–water partition coefficient (Wildman–Crippen LogP) is 5.13. The summed E-state index contributed by atoms with van der Waals surface area (Å²) in [7, 11) is 3.31. The number of aryl methyl sites for hydroxylation is 1. The Kier molecular flexibility index (Phi) is 6.08. The van der Waals surface area contributed by atoms with E-state index in [1.165, 1.54) is 12.0 Å². The quantitative estimate of drug-likeness (QED) is 0.629. The molecule has 0 atom stereocenters. The Labute approximate surface area is 133 Å². The average Bonchev–Trinajstić information content (AvgIpc) is 2.58. The molecule has 0 amide bonds. The van der Waals surface area contributed by atoms with E-state index in [-0.39, 0.29) is 0 Å². The molecule has 2 aromatic rings. The number of hydrogen-bond acceptors (Lipinski definition) is 2. The maximum absolute atomic E-state index is 5.34. The molecule has 0 unspecified atom stereocenters. The van der Waals surface area contributed by atoms with Gasteiger partial charge in [0, 0.05) is 0 Å². The average molecular weight is 296 g/mol. The van der Waals surface area contributed by atoms with Crippen molar-refractivity contribution in [2.75, 3.05) is 14.2 Å². The lowest BCUT2D eigenvalue weighted by Crippen LogP contribution is -1.93. The Hall–Kier alpha value is -2.22. The van der Waals surface area contributed by atoms with E-state index >= 15 is 0 Å². The molecule has 116 valence electrons. The molecule has 0 aliphatic heterocycles. The van der Waals surface area contributed by atoms with Gasteiger partial charge in [-0.15, -0.1) is 0 Å². The lowest BCUT2D eigenvalue weighted by molar-refractivity contribution is 0.355. The second kappa shape index (κ2) is 8.28. The molecule has 0 saturated carbocycles. The largest absolute Gasteiger partial charge is 0.493 e. The van der Waals surface area contributed by atoms with Crippen molar-refractivity contribution in [2.24, 2.45) is 0 Å². The summed E-state index contributed by atoms with van der Waals surface area (Å²) in [6, 6.07) is 16.6. The van der Waals surface area contributed by atoms with Gasteiger partial charge in [-0.05, 0) is 54.5 Å². The van der Waals surface area contributed by atoms with Gasteiger partial charge in [0.25, 0.3) is 0 Å². The summed E-state index contributed by atoms with van der Waals surface area (Å²) in [5.74, 6) is 1.51. The van der Waals surface area contributed by atoms with Gasteiger partial charge in [-0.3, -0.25) is 0 Å². The van der Waals surface area contributed by atoms with E-state index in [4.69, 9.17) is 9.47 Å². The topological polar surface area (TPSA) is 18.5 Å². The normalized spacial score (nSPS) is 10.3. The molecule has 2 rings (SSSR count). The molecular formula is C20H24O2. The van der Waals surface area contributed by atoms with E-state index < -0.39 is 0 Å². The van der Waals surface area contributed by atoms with Crippen molar-refractivity contribution < 1.29 is 9.47 Å². The van der Waals surface area contributed by atoms with Crippen LogP contribution in [0, 0.1) is 0 Å². The molecule has 0 fully saturated rings. The van der Waals surface area contributed by atoms with Crippen LogP contribution in [0.25, 0.3) is 5.57 Å². The summed E-state index contributed by atoms with van der Waals surface area (Å²) in [6.45, 7) is 4.20. The standard InChI is InChI=1S/C20H24O2/c1-16(9-7-8-12-17-10-5-4-6-11-17)18-13-14-19(21-2)20(15-18)22-3/h4-6,10-11,13-15H,1,7-9,12H2,2-3H3. The van der Waals surface area contributed by atoms with Crippen molar-refractivity contribution >= 4 is 5.57 Å². The molecule has 0 saturated heterocycles. The van der Waals surface area contributed by atoms with Crippen LogP contribution in [0.3, 0.4) is 0 Å². The third kappa shape index (κ3) is 4.39. The van der Waals surface area contributed by atoms with E-state index in [9.17, 15) is 0 Å². The van der Waals surface area contributed by atoms with Crippen molar-refractivity contribution in [1.82, 2.24) is 0 Å². The Bertz CT molecular complexity index is 602. The number of methoxy groups -OCH3 is 2. The summed E-state index contributed by atoms with van der Waals surface area (Å²) in [6.07, 6.45) is 4.45. The smallest absolute Gasteiger partial charge is 0.161 e. The van der Waals surface area contributed by atoms with Crippen LogP contribution in [0.15, 0.2) is 55.1 Å². The number of rotatable bonds is 8. The molecular weight excluding hydrogens is 272 g/mol. The number of allylic oxidation sites excluding steroid dienone is 1. The number of hydrogen-bond donors (Lipinski definition) is 0. The van der Waals surface area contributed by atoms with Gasteiger partial charge in [0.15, 0.2) is 11.5 Å². The van der Waals surface area contributed by atoms with Crippen LogP contribution in [0.1, 0.15) is 30.4 Å². The molecule has 22 heavy (non-hydrogen) atoms. The van der Waals surface area contributed by atoms with Crippen LogP contribution in [0.2, 0.25) is 0 Å². The Morgan fingerprint density at radius 3 is 2.32 bits per heavy atom. The second-order valence-corrected chi connectivity index (χ2v) is 5.37. The maximum Gasteiger partial charge on any atom is 0.161 e. The predicted molar refractivity (Wildman–Crippen MR) is 92.6 cm³/mol. The molecule has 0 radical (unpaired) electrons. The minimum atomic E-state index is 0.753. The van der Waals surface area contributed by atoms with Crippen LogP contribution < -0.4 is 9.47 Å². The van der Waals surface area contributed by atoms with Gasteiger partial charge in [-0.25, -0.2) is 0 Å². The number of unbranched alkanes of at least 4 members (excludes halogenated alkanes) is 1. The minimum Gasteiger partial charge on any atom is -0.493 e. The third-order valence-electron chi connectivity index (χ3n) is 3.83. The van der Waals surface area contributed by atoms with Crippen molar-refractivity contribution in [3.05, 3.63) is 66.2 Å². The zero-order valence-electron chi connectivity index (χ0n) is 13.5. The van der Waals surface area contributed by atoms with Crippen LogP contribution in [-0.2, 0) is 6.42 Å². The minimum absolute atomic E-state index is 0.753. The molecule has 0 heterocycles. The number of benzene rings is 2. The molecule has 2 aromatic carbocycles. The van der Waals surface area contributed by atoms with Crippen molar-refractivity contribution in [3.63, 3.8) is 0 Å². The van der Waals surface area contributed by atoms with E-state index in [1.807, 2.05) is 18.2 Å². The zero-order valence-corrected chi connectivity index (χ0v) is 13.5. The van der Waals surface area contributed by atoms with Crippen LogP contribution in [0.4, 0.5) is 0 Å². The van der Waals surface area contributed by atoms with Gasteiger partial charge < -0.3 is 9.47 Å². The third-order valence-corrected chi connectivity index (χ3v) is 3.83. The Balaban J connectivity index is 1.84. The molecule has 0 bridgehead atoms. The summed E-state index contributed by atoms with van der Waals surface area (Å²) in [5, 5.41) is 0. The fraction of sp³-hybridized carbons (Fsp3) is 0.300. The first-order valence-corrected chi connectivity index (χ1v) is 7.68. The first-order valence-electron chi connectivity index (χ1n) is 7.68. The maximum atomic E-state index is 5.34. The Morgan fingerprint density at radius 1 is 0.909 bits per heavy atom. The molecule has 0 aliphatic rings. The van der Waals surface area contributed by atoms with Crippen molar-refractivity contribution in [1.29, 1.82) is 0 Å². The van der Waals surface area contributed by atoms with Crippen LogP contribution >= 0.6 is 0 Å². The summed E-state index contributed by atoms with van der Waals surface area (Å²) >= 11 is 0. The highest BCUT2D eigenvalue weighted by Crippen LogP contribution is 2.31. The molecule has 0 N–H and O–H groups in total. The van der Waals surface area contributed by atoms with Crippen molar-refractivity contribution in [3.8, 4) is 11.5 Å². The highest BCUT2D eigenvalue weighted by atomic mass is 16.5. The first kappa shape index (κ1) is 16.2. The van der Waals surface area contributed by atoms with E-state index in [2.05, 4.69) is 36.9 Å². The highest BCUT2D eigenvalue weighted by Gasteiger charge is 2.06. The van der Waals surface area contributed by atoms with E-state index in [0.717, 1.165) is 41.9 Å². The van der Waals surface area contributed by atoms with Gasteiger partial charge in [0.2, 0.25) is 0 Å². The second-order valence-electron chi connectivity index (χ2n) is 5.37. The van der Waals surface area contributed by atoms with Gasteiger partial charge >= 0.3 is 0 Å². The first-order chi connectivity index (χ1) is 10.7. The molecule has 2 heteroatoms. The Morgan fingerprint density at radius 2 is 1.64 bits per heavy atom. The van der Waals surface area contributed by atoms with Crippen molar-refractivity contribution in [2.45, 2.75) is 25.7 Å². The monoisotopic (exact) mass is 296 g/mol. The van der Waals surface area contributed by atoms with Gasteiger partial charge in [-0.2, -0.15) is 0 Å². The lowest BCUT2D eigenvalue weighted by atomic mass is 9.99. The van der Waals surface area contributed by atoms with E-state index in [1.54, 1.807) is 14.2 Å². The molecule has 0 aromatic heterocycles. The van der Waals surface area contributed by atoms with Gasteiger partial charge in [0.05, 0.1) is 14.2 Å². The summed E-state index contributed by atoms with van der Waals surface area (Å²) in [4.78, 5) is 0. The van der Waals surface area contributed by atoms with E-state index in [0.29, 0.717) is 0 Å². The summed E-state index contributed by atoms with van der Waals surface area (Å²) in [5.41, 5.74) is 3.67. The lowest BCUT2D eigenvalue weighted by Gasteiger charge is -2.11. The molecule has 0 aliphatic carbocycles. The van der Waals surface area contributed by atoms with Crippen LogP contribution in [0.5, 0.6) is 11.5 Å². The summed E-state index contributed by atoms with van der Waals surface area (Å²) < 4.78 is 10.6. The number of ether oxygens (including phenoxy) is 2. The SMILES string of the molecule is C=C(CCCCc1ccccc1)c1ccc(OC)c(OC)c1. The molecule has 2 nitrogen and oxygen atoms in total. The zero-order chi connectivity index (χ0) is 15.8.